The maximum atomic E-state index is 12.1. The molecule has 106 valence electrons. The molecule has 0 aliphatic rings. The van der Waals surface area contributed by atoms with Crippen LogP contribution in [0.4, 0.5) is 11.6 Å². The standard InChI is InChI=1S/C15H18N2O3/c1-15(2,3)17(19)12-7-4-6-11(10-12)14(18)16-13-8-5-9-20-13/h4-10,19H,1-3H3,(H,16,18). The third kappa shape index (κ3) is 3.19. The number of furan rings is 1. The Morgan fingerprint density at radius 3 is 2.60 bits per heavy atom. The van der Waals surface area contributed by atoms with E-state index in [1.807, 2.05) is 20.8 Å². The number of benzene rings is 1. The first-order valence-electron chi connectivity index (χ1n) is 6.32. The lowest BCUT2D eigenvalue weighted by Gasteiger charge is -2.31. The second-order valence-electron chi connectivity index (χ2n) is 5.46. The summed E-state index contributed by atoms with van der Waals surface area (Å²) >= 11 is 0. The number of nitrogens with one attached hydrogen (secondary N) is 1. The van der Waals surface area contributed by atoms with Gasteiger partial charge in [0.25, 0.3) is 5.91 Å². The zero-order chi connectivity index (χ0) is 14.8. The minimum absolute atomic E-state index is 0.288. The van der Waals surface area contributed by atoms with Gasteiger partial charge in [0.05, 0.1) is 17.5 Å². The molecule has 0 atom stereocenters. The van der Waals surface area contributed by atoms with E-state index in [9.17, 15) is 10.0 Å². The summed E-state index contributed by atoms with van der Waals surface area (Å²) in [6, 6.07) is 10.1. The molecule has 0 radical (unpaired) electrons. The van der Waals surface area contributed by atoms with E-state index in [2.05, 4.69) is 5.32 Å². The molecule has 1 aromatic carbocycles. The molecular formula is C15H18N2O3. The van der Waals surface area contributed by atoms with Gasteiger partial charge in [-0.05, 0) is 45.0 Å². The number of hydroxylamine groups is 1. The predicted molar refractivity (Wildman–Crippen MR) is 77.1 cm³/mol. The largest absolute Gasteiger partial charge is 0.449 e. The molecule has 0 fully saturated rings. The molecule has 0 saturated carbocycles. The molecule has 0 saturated heterocycles. The maximum Gasteiger partial charge on any atom is 0.258 e. The zero-order valence-electron chi connectivity index (χ0n) is 11.8. The van der Waals surface area contributed by atoms with Gasteiger partial charge >= 0.3 is 0 Å². The van der Waals surface area contributed by atoms with Crippen molar-refractivity contribution in [2.45, 2.75) is 26.3 Å². The molecule has 2 N–H and O–H groups in total. The van der Waals surface area contributed by atoms with Crippen LogP contribution < -0.4 is 10.4 Å². The van der Waals surface area contributed by atoms with Gasteiger partial charge in [0, 0.05) is 11.6 Å². The highest BCUT2D eigenvalue weighted by Crippen LogP contribution is 2.23. The van der Waals surface area contributed by atoms with E-state index >= 15 is 0 Å². The van der Waals surface area contributed by atoms with Crippen LogP contribution in [-0.4, -0.2) is 16.7 Å². The average molecular weight is 274 g/mol. The van der Waals surface area contributed by atoms with Crippen molar-refractivity contribution in [2.24, 2.45) is 0 Å². The number of amides is 1. The Morgan fingerprint density at radius 2 is 2.00 bits per heavy atom. The lowest BCUT2D eigenvalue weighted by molar-refractivity contribution is 0.102. The minimum atomic E-state index is -0.448. The van der Waals surface area contributed by atoms with Gasteiger partial charge in [-0.3, -0.25) is 20.4 Å². The van der Waals surface area contributed by atoms with Gasteiger partial charge in [-0.2, -0.15) is 0 Å². The second kappa shape index (κ2) is 5.38. The van der Waals surface area contributed by atoms with Crippen molar-refractivity contribution >= 4 is 17.5 Å². The molecule has 2 aromatic rings. The van der Waals surface area contributed by atoms with Crippen LogP contribution in [-0.2, 0) is 0 Å². The smallest absolute Gasteiger partial charge is 0.258 e. The van der Waals surface area contributed by atoms with Crippen LogP contribution in [0.2, 0.25) is 0 Å². The summed E-state index contributed by atoms with van der Waals surface area (Å²) in [5, 5.41) is 13.9. The van der Waals surface area contributed by atoms with Crippen molar-refractivity contribution in [2.75, 3.05) is 10.4 Å². The van der Waals surface area contributed by atoms with E-state index in [0.29, 0.717) is 17.1 Å². The van der Waals surface area contributed by atoms with E-state index in [1.165, 1.54) is 6.26 Å². The molecule has 0 aliphatic carbocycles. The van der Waals surface area contributed by atoms with E-state index < -0.39 is 5.54 Å². The number of hydrogen-bond acceptors (Lipinski definition) is 4. The van der Waals surface area contributed by atoms with Crippen LogP contribution in [0.15, 0.2) is 47.1 Å². The Kier molecular flexibility index (Phi) is 3.81. The summed E-state index contributed by atoms with van der Waals surface area (Å²) in [6.45, 7) is 5.63. The molecule has 20 heavy (non-hydrogen) atoms. The van der Waals surface area contributed by atoms with Crippen LogP contribution in [0.25, 0.3) is 0 Å². The number of anilines is 2. The lowest BCUT2D eigenvalue weighted by Crippen LogP contribution is -2.38. The molecule has 2 rings (SSSR count). The number of carbonyl (C=O) groups excluding carboxylic acids is 1. The topological polar surface area (TPSA) is 65.7 Å². The Bertz CT molecular complexity index is 585. The van der Waals surface area contributed by atoms with Gasteiger partial charge in [0.15, 0.2) is 5.88 Å². The molecule has 1 aromatic heterocycles. The first kappa shape index (κ1) is 14.1. The molecule has 0 aliphatic heterocycles. The van der Waals surface area contributed by atoms with E-state index in [0.717, 1.165) is 5.06 Å². The first-order chi connectivity index (χ1) is 9.38. The van der Waals surface area contributed by atoms with E-state index in [4.69, 9.17) is 4.42 Å². The average Bonchev–Trinajstić information content (AvgIpc) is 2.89. The molecule has 5 nitrogen and oxygen atoms in total. The van der Waals surface area contributed by atoms with Crippen LogP contribution in [0.1, 0.15) is 31.1 Å². The normalized spacial score (nSPS) is 11.2. The Labute approximate surface area is 117 Å². The summed E-state index contributed by atoms with van der Waals surface area (Å²) in [6.07, 6.45) is 1.49. The molecule has 1 heterocycles. The summed E-state index contributed by atoms with van der Waals surface area (Å²) in [5.74, 6) is 0.0983. The molecular weight excluding hydrogens is 256 g/mol. The van der Waals surface area contributed by atoms with Crippen molar-refractivity contribution in [3.63, 3.8) is 0 Å². The Balaban J connectivity index is 2.19. The first-order valence-corrected chi connectivity index (χ1v) is 6.32. The fourth-order valence-electron chi connectivity index (χ4n) is 1.70. The van der Waals surface area contributed by atoms with Gasteiger partial charge < -0.3 is 4.42 Å². The lowest BCUT2D eigenvalue weighted by atomic mass is 10.1. The van der Waals surface area contributed by atoms with Crippen molar-refractivity contribution in [1.82, 2.24) is 0 Å². The highest BCUT2D eigenvalue weighted by molar-refractivity contribution is 6.04. The number of carbonyl (C=O) groups is 1. The Morgan fingerprint density at radius 1 is 1.25 bits per heavy atom. The number of nitrogens with zero attached hydrogens (tertiary/aromatic N) is 1. The molecule has 0 unspecified atom stereocenters. The SMILES string of the molecule is CC(C)(C)N(O)c1cccc(C(=O)Nc2ccco2)c1. The van der Waals surface area contributed by atoms with Crippen molar-refractivity contribution in [3.05, 3.63) is 48.2 Å². The summed E-state index contributed by atoms with van der Waals surface area (Å²) in [5.41, 5.74) is 0.558. The monoisotopic (exact) mass is 274 g/mol. The van der Waals surface area contributed by atoms with Gasteiger partial charge in [0.2, 0.25) is 0 Å². The zero-order valence-corrected chi connectivity index (χ0v) is 11.8. The number of rotatable bonds is 3. The third-order valence-electron chi connectivity index (χ3n) is 2.75. The molecule has 0 bridgehead atoms. The van der Waals surface area contributed by atoms with Gasteiger partial charge in [0.1, 0.15) is 0 Å². The predicted octanol–water partition coefficient (Wildman–Crippen LogP) is 3.53. The van der Waals surface area contributed by atoms with Crippen LogP contribution in [0.5, 0.6) is 0 Å². The molecule has 0 spiro atoms. The maximum absolute atomic E-state index is 12.1. The van der Waals surface area contributed by atoms with Crippen LogP contribution in [0.3, 0.4) is 0 Å². The van der Waals surface area contributed by atoms with Crippen molar-refractivity contribution < 1.29 is 14.4 Å². The fourth-order valence-corrected chi connectivity index (χ4v) is 1.70. The van der Waals surface area contributed by atoms with Crippen molar-refractivity contribution in [1.29, 1.82) is 0 Å². The highest BCUT2D eigenvalue weighted by atomic mass is 16.5. The highest BCUT2D eigenvalue weighted by Gasteiger charge is 2.20. The number of hydrogen-bond donors (Lipinski definition) is 2. The summed E-state index contributed by atoms with van der Waals surface area (Å²) in [7, 11) is 0. The summed E-state index contributed by atoms with van der Waals surface area (Å²) < 4.78 is 5.07. The summed E-state index contributed by atoms with van der Waals surface area (Å²) in [4.78, 5) is 12.1. The van der Waals surface area contributed by atoms with E-state index in [-0.39, 0.29) is 5.91 Å². The minimum Gasteiger partial charge on any atom is -0.449 e. The quantitative estimate of drug-likeness (QED) is 0.840. The van der Waals surface area contributed by atoms with Crippen molar-refractivity contribution in [3.8, 4) is 0 Å². The fraction of sp³-hybridized carbons (Fsp3) is 0.267. The second-order valence-corrected chi connectivity index (χ2v) is 5.46. The third-order valence-corrected chi connectivity index (χ3v) is 2.75. The van der Waals surface area contributed by atoms with Gasteiger partial charge in [-0.1, -0.05) is 6.07 Å². The van der Waals surface area contributed by atoms with Gasteiger partial charge in [-0.25, -0.2) is 0 Å². The Hall–Kier alpha value is -2.27. The van der Waals surface area contributed by atoms with E-state index in [1.54, 1.807) is 36.4 Å². The molecule has 5 heteroatoms. The van der Waals surface area contributed by atoms with Crippen LogP contribution >= 0.6 is 0 Å². The molecule has 1 amide bonds. The van der Waals surface area contributed by atoms with Crippen LogP contribution in [0, 0.1) is 0 Å². The van der Waals surface area contributed by atoms with Gasteiger partial charge in [-0.15, -0.1) is 0 Å².